The molecule has 1 unspecified atom stereocenters. The summed E-state index contributed by atoms with van der Waals surface area (Å²) in [7, 11) is -4.07. The van der Waals surface area contributed by atoms with Gasteiger partial charge in [-0.25, -0.2) is 17.6 Å². The molecule has 0 aliphatic carbocycles. The van der Waals surface area contributed by atoms with Gasteiger partial charge in [0.25, 0.3) is 15.9 Å². The van der Waals surface area contributed by atoms with Crippen molar-refractivity contribution in [1.82, 2.24) is 4.90 Å². The first-order chi connectivity index (χ1) is 14.4. The van der Waals surface area contributed by atoms with Crippen LogP contribution in [0, 0.1) is 5.82 Å². The van der Waals surface area contributed by atoms with E-state index < -0.39 is 27.9 Å². The fourth-order valence-electron chi connectivity index (χ4n) is 3.16. The van der Waals surface area contributed by atoms with E-state index >= 15 is 0 Å². The van der Waals surface area contributed by atoms with Crippen LogP contribution in [0.2, 0.25) is 0 Å². The minimum atomic E-state index is -4.07. The van der Waals surface area contributed by atoms with E-state index in [1.165, 1.54) is 19.1 Å². The number of carbonyl (C=O) groups excluding carboxylic acids is 2. The van der Waals surface area contributed by atoms with E-state index in [9.17, 15) is 22.4 Å². The van der Waals surface area contributed by atoms with Crippen molar-refractivity contribution in [2.24, 2.45) is 0 Å². The molecule has 1 amide bonds. The van der Waals surface area contributed by atoms with Crippen molar-refractivity contribution in [3.8, 4) is 0 Å². The Hall–Kier alpha value is -2.94. The van der Waals surface area contributed by atoms with E-state index in [1.54, 1.807) is 17.0 Å². The highest BCUT2D eigenvalue weighted by molar-refractivity contribution is 7.92. The van der Waals surface area contributed by atoms with Gasteiger partial charge in [0.15, 0.2) is 6.10 Å². The Bertz CT molecular complexity index is 1030. The summed E-state index contributed by atoms with van der Waals surface area (Å²) in [6.45, 7) is 8.94. The highest BCUT2D eigenvalue weighted by Crippen LogP contribution is 2.22. The number of amides is 1. The summed E-state index contributed by atoms with van der Waals surface area (Å²) in [6.07, 6.45) is -1.06. The van der Waals surface area contributed by atoms with Crippen LogP contribution in [0.4, 0.5) is 10.1 Å². The molecule has 0 aromatic heterocycles. The van der Waals surface area contributed by atoms with Crippen LogP contribution in [0.25, 0.3) is 0 Å². The zero-order valence-electron chi connectivity index (χ0n) is 18.1. The molecular formula is C22H27FN2O5S. The van der Waals surface area contributed by atoms with Gasteiger partial charge in [-0.2, -0.15) is 0 Å². The Labute approximate surface area is 182 Å². The first-order valence-corrected chi connectivity index (χ1v) is 11.3. The Balaban J connectivity index is 2.24. The summed E-state index contributed by atoms with van der Waals surface area (Å²) in [4.78, 5) is 26.9. The number of carbonyl (C=O) groups is 2. The molecule has 0 heterocycles. The van der Waals surface area contributed by atoms with Crippen molar-refractivity contribution in [3.05, 3.63) is 59.9 Å². The minimum absolute atomic E-state index is 0.0129. The largest absolute Gasteiger partial charge is 0.449 e. The molecule has 31 heavy (non-hydrogen) atoms. The van der Waals surface area contributed by atoms with E-state index in [1.807, 2.05) is 27.7 Å². The zero-order chi connectivity index (χ0) is 23.3. The second kappa shape index (κ2) is 9.91. The number of ether oxygens (including phenoxy) is 1. The molecule has 0 aliphatic heterocycles. The number of esters is 1. The predicted molar refractivity (Wildman–Crippen MR) is 116 cm³/mol. The molecule has 0 radical (unpaired) electrons. The van der Waals surface area contributed by atoms with E-state index in [0.717, 1.165) is 24.3 Å². The smallest absolute Gasteiger partial charge is 0.341 e. The summed E-state index contributed by atoms with van der Waals surface area (Å²) in [5, 5.41) is 0. The first kappa shape index (κ1) is 24.3. The quantitative estimate of drug-likeness (QED) is 0.617. The predicted octanol–water partition coefficient (Wildman–Crippen LogP) is 3.82. The lowest BCUT2D eigenvalue weighted by molar-refractivity contribution is -0.143. The molecule has 0 saturated carbocycles. The molecule has 0 spiro atoms. The van der Waals surface area contributed by atoms with Crippen LogP contribution in [0.15, 0.2) is 53.4 Å². The normalized spacial score (nSPS) is 12.5. The summed E-state index contributed by atoms with van der Waals surface area (Å²) in [5.74, 6) is -1.76. The maximum Gasteiger partial charge on any atom is 0.341 e. The van der Waals surface area contributed by atoms with Crippen LogP contribution in [0.1, 0.15) is 45.0 Å². The molecule has 1 N–H and O–H groups in total. The van der Waals surface area contributed by atoms with Gasteiger partial charge in [-0.3, -0.25) is 9.52 Å². The van der Waals surface area contributed by atoms with Gasteiger partial charge in [0.05, 0.1) is 16.1 Å². The first-order valence-electron chi connectivity index (χ1n) is 9.84. The van der Waals surface area contributed by atoms with Crippen molar-refractivity contribution in [2.75, 3.05) is 4.72 Å². The van der Waals surface area contributed by atoms with Gasteiger partial charge < -0.3 is 9.64 Å². The minimum Gasteiger partial charge on any atom is -0.449 e. The summed E-state index contributed by atoms with van der Waals surface area (Å²) in [6, 6.07) is 10.0. The molecule has 7 nitrogen and oxygen atoms in total. The lowest BCUT2D eigenvalue weighted by atomic mass is 10.1. The van der Waals surface area contributed by atoms with Gasteiger partial charge in [0, 0.05) is 12.1 Å². The maximum absolute atomic E-state index is 13.1. The van der Waals surface area contributed by atoms with Crippen LogP contribution >= 0.6 is 0 Å². The van der Waals surface area contributed by atoms with Crippen LogP contribution in [-0.2, 0) is 19.6 Å². The Morgan fingerprint density at radius 2 is 1.48 bits per heavy atom. The standard InChI is InChI=1S/C22H27FN2O5S/c1-14(2)25(15(3)4)21(26)16(5)30-22(27)19-8-6-7-9-20(19)24-31(28,29)18-12-10-17(23)11-13-18/h6-16,24H,1-5H3. The SMILES string of the molecule is CC(OC(=O)c1ccccc1NS(=O)(=O)c1ccc(F)cc1)C(=O)N(C(C)C)C(C)C. The third kappa shape index (κ3) is 6.04. The Kier molecular flexibility index (Phi) is 7.78. The van der Waals surface area contributed by atoms with Crippen LogP contribution < -0.4 is 4.72 Å². The topological polar surface area (TPSA) is 92.8 Å². The van der Waals surface area contributed by atoms with Gasteiger partial charge in [-0.1, -0.05) is 12.1 Å². The molecule has 2 aromatic carbocycles. The molecule has 0 bridgehead atoms. The summed E-state index contributed by atoms with van der Waals surface area (Å²) in [5.41, 5.74) is -0.0606. The third-order valence-corrected chi connectivity index (χ3v) is 5.90. The van der Waals surface area contributed by atoms with Crippen LogP contribution in [0.5, 0.6) is 0 Å². The maximum atomic E-state index is 13.1. The Morgan fingerprint density at radius 1 is 0.935 bits per heavy atom. The summed E-state index contributed by atoms with van der Waals surface area (Å²) < 4.78 is 46.0. The van der Waals surface area contributed by atoms with Crippen LogP contribution in [0.3, 0.4) is 0 Å². The summed E-state index contributed by atoms with van der Waals surface area (Å²) >= 11 is 0. The monoisotopic (exact) mass is 450 g/mol. The van der Waals surface area contributed by atoms with Gasteiger partial charge in [0.2, 0.25) is 0 Å². The number of nitrogens with one attached hydrogen (secondary N) is 1. The lowest BCUT2D eigenvalue weighted by Crippen LogP contribution is -2.47. The number of hydrogen-bond acceptors (Lipinski definition) is 5. The van der Waals surface area contributed by atoms with E-state index in [-0.39, 0.29) is 34.1 Å². The molecule has 0 saturated heterocycles. The average Bonchev–Trinajstić information content (AvgIpc) is 2.67. The zero-order valence-corrected chi connectivity index (χ0v) is 18.9. The van der Waals surface area contributed by atoms with Crippen molar-refractivity contribution in [2.45, 2.75) is 57.7 Å². The molecule has 9 heteroatoms. The van der Waals surface area contributed by atoms with E-state index in [4.69, 9.17) is 4.74 Å². The molecule has 1 atom stereocenters. The third-order valence-electron chi connectivity index (χ3n) is 4.51. The number of rotatable bonds is 8. The number of halogens is 1. The van der Waals surface area contributed by atoms with Crippen molar-refractivity contribution < 1.29 is 27.1 Å². The van der Waals surface area contributed by atoms with Crippen molar-refractivity contribution in [3.63, 3.8) is 0 Å². The van der Waals surface area contributed by atoms with Crippen molar-refractivity contribution in [1.29, 1.82) is 0 Å². The number of benzene rings is 2. The number of hydrogen-bond donors (Lipinski definition) is 1. The van der Waals surface area contributed by atoms with Gasteiger partial charge in [0.1, 0.15) is 5.82 Å². The van der Waals surface area contributed by atoms with Crippen LogP contribution in [-0.4, -0.2) is 43.4 Å². The second-order valence-electron chi connectivity index (χ2n) is 7.59. The van der Waals surface area contributed by atoms with E-state index in [2.05, 4.69) is 4.72 Å². The highest BCUT2D eigenvalue weighted by Gasteiger charge is 2.29. The number of para-hydroxylation sites is 1. The molecule has 0 aliphatic rings. The van der Waals surface area contributed by atoms with E-state index in [0.29, 0.717) is 0 Å². The fourth-order valence-corrected chi connectivity index (χ4v) is 4.24. The van der Waals surface area contributed by atoms with Gasteiger partial charge >= 0.3 is 5.97 Å². The van der Waals surface area contributed by atoms with Crippen molar-refractivity contribution >= 4 is 27.6 Å². The van der Waals surface area contributed by atoms with Gasteiger partial charge in [-0.15, -0.1) is 0 Å². The molecule has 2 rings (SSSR count). The second-order valence-corrected chi connectivity index (χ2v) is 9.27. The number of nitrogens with zero attached hydrogens (tertiary/aromatic N) is 1. The molecule has 0 fully saturated rings. The number of anilines is 1. The Morgan fingerprint density at radius 3 is 2.03 bits per heavy atom. The average molecular weight is 451 g/mol. The lowest BCUT2D eigenvalue weighted by Gasteiger charge is -2.32. The van der Waals surface area contributed by atoms with Gasteiger partial charge in [-0.05, 0) is 71.0 Å². The molecular weight excluding hydrogens is 423 g/mol. The molecule has 168 valence electrons. The fraction of sp³-hybridized carbons (Fsp3) is 0.364. The highest BCUT2D eigenvalue weighted by atomic mass is 32.2. The number of sulfonamides is 1. The molecule has 2 aromatic rings.